The van der Waals surface area contributed by atoms with Gasteiger partial charge in [0.25, 0.3) is 5.91 Å². The molecule has 1 heterocycles. The summed E-state index contributed by atoms with van der Waals surface area (Å²) in [7, 11) is 0. The van der Waals surface area contributed by atoms with Crippen LogP contribution >= 0.6 is 0 Å². The van der Waals surface area contributed by atoms with Crippen LogP contribution in [-0.2, 0) is 10.3 Å². The summed E-state index contributed by atoms with van der Waals surface area (Å²) < 4.78 is 0. The molecular formula is C14H14N4O3. The SMILES string of the molecule is CC(Nc1ccc(C(N)=O)nn1)(C(=O)O)c1ccccc1. The number of carboxylic acid groups (broad SMARTS) is 1. The number of benzene rings is 1. The van der Waals surface area contributed by atoms with Crippen LogP contribution in [0.2, 0.25) is 0 Å². The van der Waals surface area contributed by atoms with E-state index >= 15 is 0 Å². The van der Waals surface area contributed by atoms with Crippen LogP contribution in [0.5, 0.6) is 0 Å². The molecule has 0 bridgehead atoms. The minimum Gasteiger partial charge on any atom is -0.479 e. The predicted octanol–water partition coefficient (Wildman–Crippen LogP) is 0.987. The molecule has 1 aromatic carbocycles. The number of primary amides is 1. The Morgan fingerprint density at radius 1 is 1.14 bits per heavy atom. The molecule has 0 radical (unpaired) electrons. The number of nitrogens with two attached hydrogens (primary N) is 1. The highest BCUT2D eigenvalue weighted by atomic mass is 16.4. The molecule has 0 aliphatic rings. The van der Waals surface area contributed by atoms with E-state index in [2.05, 4.69) is 15.5 Å². The molecule has 4 N–H and O–H groups in total. The predicted molar refractivity (Wildman–Crippen MR) is 75.6 cm³/mol. The van der Waals surface area contributed by atoms with E-state index in [4.69, 9.17) is 5.73 Å². The number of aromatic nitrogens is 2. The van der Waals surface area contributed by atoms with Gasteiger partial charge >= 0.3 is 5.97 Å². The Bertz CT molecular complexity index is 658. The van der Waals surface area contributed by atoms with Crippen molar-refractivity contribution in [1.29, 1.82) is 0 Å². The quantitative estimate of drug-likeness (QED) is 0.754. The fraction of sp³-hybridized carbons (Fsp3) is 0.143. The van der Waals surface area contributed by atoms with Crippen LogP contribution in [-0.4, -0.2) is 27.2 Å². The van der Waals surface area contributed by atoms with Gasteiger partial charge in [0.1, 0.15) is 5.82 Å². The van der Waals surface area contributed by atoms with Gasteiger partial charge in [0, 0.05) is 0 Å². The van der Waals surface area contributed by atoms with Gasteiger partial charge in [-0.3, -0.25) is 4.79 Å². The number of carboxylic acids is 1. The Labute approximate surface area is 120 Å². The molecule has 0 saturated carbocycles. The molecule has 7 heteroatoms. The first-order valence-electron chi connectivity index (χ1n) is 6.14. The van der Waals surface area contributed by atoms with Gasteiger partial charge in [-0.25, -0.2) is 4.79 Å². The number of carbonyl (C=O) groups excluding carboxylic acids is 1. The van der Waals surface area contributed by atoms with Crippen molar-refractivity contribution in [2.24, 2.45) is 5.73 Å². The molecule has 0 aliphatic heterocycles. The van der Waals surface area contributed by atoms with Crippen LogP contribution in [0.4, 0.5) is 5.82 Å². The van der Waals surface area contributed by atoms with Crippen molar-refractivity contribution < 1.29 is 14.7 Å². The van der Waals surface area contributed by atoms with E-state index in [1.165, 1.54) is 19.1 Å². The van der Waals surface area contributed by atoms with Gasteiger partial charge in [0.2, 0.25) is 0 Å². The molecule has 2 rings (SSSR count). The standard InChI is InChI=1S/C14H14N4O3/c1-14(13(20)21,9-5-3-2-4-6-9)16-11-8-7-10(12(15)19)17-18-11/h2-8H,1H3,(H2,15,19)(H,16,18)(H,20,21). The molecule has 2 aromatic rings. The number of nitrogens with one attached hydrogen (secondary N) is 1. The number of anilines is 1. The number of hydrogen-bond acceptors (Lipinski definition) is 5. The van der Waals surface area contributed by atoms with E-state index in [1.807, 2.05) is 0 Å². The van der Waals surface area contributed by atoms with Crippen molar-refractivity contribution >= 4 is 17.7 Å². The van der Waals surface area contributed by atoms with E-state index in [0.717, 1.165) is 0 Å². The van der Waals surface area contributed by atoms with Crippen molar-refractivity contribution in [2.75, 3.05) is 5.32 Å². The molecule has 108 valence electrons. The van der Waals surface area contributed by atoms with Crippen LogP contribution in [0.1, 0.15) is 23.0 Å². The number of aliphatic carboxylic acids is 1. The second kappa shape index (κ2) is 5.58. The zero-order valence-electron chi connectivity index (χ0n) is 11.3. The Hall–Kier alpha value is -2.96. The van der Waals surface area contributed by atoms with E-state index in [0.29, 0.717) is 5.56 Å². The van der Waals surface area contributed by atoms with Crippen molar-refractivity contribution in [2.45, 2.75) is 12.5 Å². The first kappa shape index (κ1) is 14.4. The molecule has 1 amide bonds. The maximum atomic E-state index is 11.6. The monoisotopic (exact) mass is 286 g/mol. The lowest BCUT2D eigenvalue weighted by atomic mass is 9.92. The summed E-state index contributed by atoms with van der Waals surface area (Å²) in [6, 6.07) is 11.5. The van der Waals surface area contributed by atoms with Gasteiger partial charge in [-0.05, 0) is 24.6 Å². The Balaban J connectivity index is 2.33. The fourth-order valence-corrected chi connectivity index (χ4v) is 1.81. The highest BCUT2D eigenvalue weighted by Gasteiger charge is 2.35. The van der Waals surface area contributed by atoms with Crippen LogP contribution in [0, 0.1) is 0 Å². The summed E-state index contributed by atoms with van der Waals surface area (Å²) >= 11 is 0. The van der Waals surface area contributed by atoms with Gasteiger partial charge in [0.05, 0.1) is 0 Å². The van der Waals surface area contributed by atoms with Crippen molar-refractivity contribution in [3.8, 4) is 0 Å². The number of rotatable bonds is 5. The first-order chi connectivity index (χ1) is 9.93. The van der Waals surface area contributed by atoms with Crippen LogP contribution in [0.3, 0.4) is 0 Å². The Morgan fingerprint density at radius 3 is 2.29 bits per heavy atom. The topological polar surface area (TPSA) is 118 Å². The lowest BCUT2D eigenvalue weighted by Gasteiger charge is -2.27. The van der Waals surface area contributed by atoms with Gasteiger partial charge < -0.3 is 16.2 Å². The summed E-state index contributed by atoms with van der Waals surface area (Å²) in [5.74, 6) is -1.53. The van der Waals surface area contributed by atoms with Crippen LogP contribution in [0.15, 0.2) is 42.5 Å². The lowest BCUT2D eigenvalue weighted by molar-refractivity contribution is -0.142. The maximum absolute atomic E-state index is 11.6. The third kappa shape index (κ3) is 2.97. The summed E-state index contributed by atoms with van der Waals surface area (Å²) in [5, 5.41) is 19.7. The molecule has 1 atom stereocenters. The first-order valence-corrected chi connectivity index (χ1v) is 6.14. The third-order valence-corrected chi connectivity index (χ3v) is 3.07. The van der Waals surface area contributed by atoms with E-state index in [1.54, 1.807) is 30.3 Å². The zero-order valence-corrected chi connectivity index (χ0v) is 11.3. The number of nitrogens with zero attached hydrogens (tertiary/aromatic N) is 2. The molecule has 1 aromatic heterocycles. The summed E-state index contributed by atoms with van der Waals surface area (Å²) in [4.78, 5) is 22.5. The summed E-state index contributed by atoms with van der Waals surface area (Å²) in [6.45, 7) is 1.52. The van der Waals surface area contributed by atoms with Crippen molar-refractivity contribution in [3.05, 3.63) is 53.7 Å². The average molecular weight is 286 g/mol. The molecular weight excluding hydrogens is 272 g/mol. The van der Waals surface area contributed by atoms with Crippen LogP contribution in [0.25, 0.3) is 0 Å². The fourth-order valence-electron chi connectivity index (χ4n) is 1.81. The normalized spacial score (nSPS) is 13.2. The minimum atomic E-state index is -1.37. The number of hydrogen-bond donors (Lipinski definition) is 3. The summed E-state index contributed by atoms with van der Waals surface area (Å²) in [6.07, 6.45) is 0. The van der Waals surface area contributed by atoms with Crippen molar-refractivity contribution in [3.63, 3.8) is 0 Å². The lowest BCUT2D eigenvalue weighted by Crippen LogP contribution is -2.40. The van der Waals surface area contributed by atoms with E-state index in [-0.39, 0.29) is 11.5 Å². The number of amides is 1. The second-order valence-corrected chi connectivity index (χ2v) is 4.59. The Morgan fingerprint density at radius 2 is 1.81 bits per heavy atom. The van der Waals surface area contributed by atoms with Crippen LogP contribution < -0.4 is 11.1 Å². The van der Waals surface area contributed by atoms with Crippen molar-refractivity contribution in [1.82, 2.24) is 10.2 Å². The zero-order chi connectivity index (χ0) is 15.5. The minimum absolute atomic E-state index is 0.0114. The second-order valence-electron chi connectivity index (χ2n) is 4.59. The number of carbonyl (C=O) groups is 2. The molecule has 0 aliphatic carbocycles. The molecule has 7 nitrogen and oxygen atoms in total. The average Bonchev–Trinajstić information content (AvgIpc) is 2.48. The van der Waals surface area contributed by atoms with E-state index < -0.39 is 17.4 Å². The van der Waals surface area contributed by atoms with Gasteiger partial charge in [0.15, 0.2) is 11.2 Å². The van der Waals surface area contributed by atoms with Gasteiger partial charge in [-0.15, -0.1) is 10.2 Å². The molecule has 0 spiro atoms. The molecule has 1 unspecified atom stereocenters. The molecule has 0 saturated heterocycles. The maximum Gasteiger partial charge on any atom is 0.333 e. The Kier molecular flexibility index (Phi) is 3.84. The highest BCUT2D eigenvalue weighted by Crippen LogP contribution is 2.25. The van der Waals surface area contributed by atoms with Gasteiger partial charge in [-0.1, -0.05) is 30.3 Å². The highest BCUT2D eigenvalue weighted by molar-refractivity contribution is 5.90. The van der Waals surface area contributed by atoms with Gasteiger partial charge in [-0.2, -0.15) is 0 Å². The smallest absolute Gasteiger partial charge is 0.333 e. The van der Waals surface area contributed by atoms with E-state index in [9.17, 15) is 14.7 Å². The molecule has 0 fully saturated rings. The molecule has 21 heavy (non-hydrogen) atoms. The summed E-state index contributed by atoms with van der Waals surface area (Å²) in [5.41, 5.74) is 4.28. The third-order valence-electron chi connectivity index (χ3n) is 3.07. The largest absolute Gasteiger partial charge is 0.479 e.